The fourth-order valence-corrected chi connectivity index (χ4v) is 1.79. The van der Waals surface area contributed by atoms with Crippen LogP contribution in [-0.4, -0.2) is 29.2 Å². The summed E-state index contributed by atoms with van der Waals surface area (Å²) in [6.07, 6.45) is -5.36. The predicted molar refractivity (Wildman–Crippen MR) is 51.1 cm³/mol. The second-order valence-corrected chi connectivity index (χ2v) is 3.99. The van der Waals surface area contributed by atoms with Crippen molar-refractivity contribution < 1.29 is 26.7 Å². The van der Waals surface area contributed by atoms with Crippen LogP contribution in [-0.2, 0) is 10.7 Å². The number of hydrogen-bond donors (Lipinski definition) is 1. The zero-order valence-electron chi connectivity index (χ0n) is 9.05. The van der Waals surface area contributed by atoms with Crippen LogP contribution in [0.3, 0.4) is 0 Å². The minimum Gasteiger partial charge on any atom is -0.382 e. The zero-order chi connectivity index (χ0) is 13.6. The highest BCUT2D eigenvalue weighted by Crippen LogP contribution is 2.45. The van der Waals surface area contributed by atoms with Crippen LogP contribution in [0, 0.1) is 0 Å². The van der Waals surface area contributed by atoms with Crippen LogP contribution in [0.5, 0.6) is 0 Å². The van der Waals surface area contributed by atoms with Gasteiger partial charge in [0.15, 0.2) is 0 Å². The first-order valence-electron chi connectivity index (χ1n) is 5.11. The molecule has 2 N–H and O–H groups in total. The summed E-state index contributed by atoms with van der Waals surface area (Å²) in [6, 6.07) is -0.100. The molecule has 0 saturated carbocycles. The molecule has 102 valence electrons. The molecule has 1 atom stereocenters. The molecule has 4 nitrogen and oxygen atoms in total. The largest absolute Gasteiger partial charge is 0.459 e. The highest BCUT2D eigenvalue weighted by Gasteiger charge is 2.61. The normalized spacial score (nSPS) is 21.5. The van der Waals surface area contributed by atoms with E-state index in [0.29, 0.717) is 23.8 Å². The van der Waals surface area contributed by atoms with Crippen LogP contribution in [0.1, 0.15) is 18.2 Å². The van der Waals surface area contributed by atoms with E-state index in [2.05, 4.69) is 5.10 Å². The van der Waals surface area contributed by atoms with Gasteiger partial charge >= 0.3 is 12.1 Å². The Labute approximate surface area is 98.5 Å². The van der Waals surface area contributed by atoms with E-state index in [4.69, 9.17) is 10.5 Å². The van der Waals surface area contributed by atoms with Crippen LogP contribution in [0.25, 0.3) is 0 Å². The third-order valence-corrected chi connectivity index (χ3v) is 2.68. The van der Waals surface area contributed by atoms with Crippen molar-refractivity contribution in [1.29, 1.82) is 0 Å². The Morgan fingerprint density at radius 3 is 2.50 bits per heavy atom. The first-order chi connectivity index (χ1) is 8.23. The van der Waals surface area contributed by atoms with Crippen LogP contribution in [0.2, 0.25) is 0 Å². The molecule has 0 amide bonds. The SMILES string of the molecule is Nc1cc(C(F)(F)C(F)(F)F)n(C2CCOC2)n1. The number of rotatable bonds is 2. The lowest BCUT2D eigenvalue weighted by molar-refractivity contribution is -0.292. The van der Waals surface area contributed by atoms with Crippen molar-refractivity contribution in [1.82, 2.24) is 9.78 Å². The highest BCUT2D eigenvalue weighted by molar-refractivity contribution is 5.32. The summed E-state index contributed by atoms with van der Waals surface area (Å²) in [6.45, 7) is 0.337. The van der Waals surface area contributed by atoms with Gasteiger partial charge in [0.1, 0.15) is 11.5 Å². The number of anilines is 1. The van der Waals surface area contributed by atoms with E-state index in [1.165, 1.54) is 0 Å². The van der Waals surface area contributed by atoms with Crippen molar-refractivity contribution in [2.45, 2.75) is 24.6 Å². The number of nitrogens with two attached hydrogens (primary N) is 1. The Balaban J connectivity index is 2.44. The molecule has 1 aliphatic rings. The minimum atomic E-state index is -5.68. The smallest absolute Gasteiger partial charge is 0.382 e. The Bertz CT molecular complexity index is 436. The molecule has 0 spiro atoms. The van der Waals surface area contributed by atoms with E-state index in [-0.39, 0.29) is 12.4 Å². The molecular formula is C9H10F5N3O. The molecule has 0 aromatic carbocycles. The summed E-state index contributed by atoms with van der Waals surface area (Å²) in [5, 5.41) is 3.51. The van der Waals surface area contributed by atoms with Gasteiger partial charge in [0.25, 0.3) is 0 Å². The lowest BCUT2D eigenvalue weighted by Crippen LogP contribution is -2.36. The minimum absolute atomic E-state index is 0.0437. The number of nitrogen functional groups attached to an aromatic ring is 1. The van der Waals surface area contributed by atoms with Gasteiger partial charge in [-0.3, -0.25) is 4.68 Å². The Hall–Kier alpha value is -1.38. The van der Waals surface area contributed by atoms with Crippen molar-refractivity contribution in [3.05, 3.63) is 11.8 Å². The fourth-order valence-electron chi connectivity index (χ4n) is 1.79. The summed E-state index contributed by atoms with van der Waals surface area (Å²) < 4.78 is 69.2. The van der Waals surface area contributed by atoms with Gasteiger partial charge in [0.05, 0.1) is 12.6 Å². The molecule has 2 rings (SSSR count). The lowest BCUT2D eigenvalue weighted by Gasteiger charge is -2.22. The standard InChI is InChI=1S/C9H10F5N3O/c10-8(11,9(12,13)14)6-3-7(15)16-17(6)5-1-2-18-4-5/h3,5H,1-2,4H2,(H2,15,16). The predicted octanol–water partition coefficient (Wildman–Crippen LogP) is 2.08. The van der Waals surface area contributed by atoms with Gasteiger partial charge in [-0.05, 0) is 6.42 Å². The van der Waals surface area contributed by atoms with Gasteiger partial charge in [-0.2, -0.15) is 27.1 Å². The summed E-state index contributed by atoms with van der Waals surface area (Å²) in [5.74, 6) is -5.36. The molecule has 0 radical (unpaired) electrons. The zero-order valence-corrected chi connectivity index (χ0v) is 9.05. The fraction of sp³-hybridized carbons (Fsp3) is 0.667. The number of alkyl halides is 5. The second kappa shape index (κ2) is 4.08. The van der Waals surface area contributed by atoms with Crippen LogP contribution < -0.4 is 5.73 Å². The lowest BCUT2D eigenvalue weighted by atomic mass is 10.2. The van der Waals surface area contributed by atoms with Crippen molar-refractivity contribution >= 4 is 5.82 Å². The Kier molecular flexibility index (Phi) is 2.96. The summed E-state index contributed by atoms with van der Waals surface area (Å²) >= 11 is 0. The average Bonchev–Trinajstić information content (AvgIpc) is 2.83. The maximum absolute atomic E-state index is 13.3. The first-order valence-corrected chi connectivity index (χ1v) is 5.11. The van der Waals surface area contributed by atoms with E-state index >= 15 is 0 Å². The van der Waals surface area contributed by atoms with Crippen LogP contribution in [0.4, 0.5) is 27.8 Å². The molecule has 1 aromatic rings. The summed E-state index contributed by atoms with van der Waals surface area (Å²) in [5.41, 5.74) is 3.97. The average molecular weight is 271 g/mol. The van der Waals surface area contributed by atoms with E-state index in [1.54, 1.807) is 0 Å². The van der Waals surface area contributed by atoms with Gasteiger partial charge < -0.3 is 10.5 Å². The molecule has 9 heteroatoms. The van der Waals surface area contributed by atoms with Gasteiger partial charge in [-0.1, -0.05) is 0 Å². The third kappa shape index (κ3) is 2.02. The topological polar surface area (TPSA) is 53.1 Å². The van der Waals surface area contributed by atoms with Gasteiger partial charge in [0.2, 0.25) is 0 Å². The van der Waals surface area contributed by atoms with Gasteiger partial charge in [0, 0.05) is 12.7 Å². The van der Waals surface area contributed by atoms with Crippen molar-refractivity contribution in [3.63, 3.8) is 0 Å². The molecule has 1 aliphatic heterocycles. The molecule has 1 saturated heterocycles. The van der Waals surface area contributed by atoms with Crippen molar-refractivity contribution in [2.75, 3.05) is 18.9 Å². The van der Waals surface area contributed by atoms with E-state index in [1.807, 2.05) is 0 Å². The molecule has 0 aliphatic carbocycles. The molecule has 18 heavy (non-hydrogen) atoms. The van der Waals surface area contributed by atoms with Crippen LogP contribution >= 0.6 is 0 Å². The van der Waals surface area contributed by atoms with Crippen LogP contribution in [0.15, 0.2) is 6.07 Å². The molecule has 1 fully saturated rings. The molecule has 2 heterocycles. The van der Waals surface area contributed by atoms with E-state index in [0.717, 1.165) is 0 Å². The maximum atomic E-state index is 13.3. The Morgan fingerprint density at radius 2 is 2.00 bits per heavy atom. The van der Waals surface area contributed by atoms with Crippen molar-refractivity contribution in [3.8, 4) is 0 Å². The number of ether oxygens (including phenoxy) is 1. The van der Waals surface area contributed by atoms with Gasteiger partial charge in [-0.25, -0.2) is 0 Å². The highest BCUT2D eigenvalue weighted by atomic mass is 19.4. The maximum Gasteiger partial charge on any atom is 0.459 e. The monoisotopic (exact) mass is 271 g/mol. The van der Waals surface area contributed by atoms with Gasteiger partial charge in [-0.15, -0.1) is 0 Å². The number of halogens is 5. The third-order valence-electron chi connectivity index (χ3n) is 2.68. The quantitative estimate of drug-likeness (QED) is 0.838. The molecular weight excluding hydrogens is 261 g/mol. The summed E-state index contributed by atoms with van der Waals surface area (Å²) in [7, 11) is 0. The second-order valence-electron chi connectivity index (χ2n) is 3.99. The number of hydrogen-bond acceptors (Lipinski definition) is 3. The first kappa shape index (κ1) is 13.1. The number of nitrogens with zero attached hydrogens (tertiary/aromatic N) is 2. The molecule has 0 bridgehead atoms. The van der Waals surface area contributed by atoms with Crippen molar-refractivity contribution in [2.24, 2.45) is 0 Å². The van der Waals surface area contributed by atoms with E-state index in [9.17, 15) is 22.0 Å². The summed E-state index contributed by atoms with van der Waals surface area (Å²) in [4.78, 5) is 0. The molecule has 1 unspecified atom stereocenters. The number of aromatic nitrogens is 2. The Morgan fingerprint density at radius 1 is 1.33 bits per heavy atom. The molecule has 1 aromatic heterocycles. The van der Waals surface area contributed by atoms with E-state index < -0.39 is 23.8 Å².